The summed E-state index contributed by atoms with van der Waals surface area (Å²) in [5.74, 6) is -3.22. The van der Waals surface area contributed by atoms with Gasteiger partial charge in [0.05, 0.1) is 16.3 Å². The van der Waals surface area contributed by atoms with E-state index in [4.69, 9.17) is 0 Å². The quantitative estimate of drug-likeness (QED) is 0.804. The summed E-state index contributed by atoms with van der Waals surface area (Å²) in [7, 11) is -3.74. The summed E-state index contributed by atoms with van der Waals surface area (Å²) < 4.78 is 50.8. The Morgan fingerprint density at radius 2 is 1.65 bits per heavy atom. The number of nitrogens with one attached hydrogen (secondary N) is 2. The van der Waals surface area contributed by atoms with Crippen LogP contribution in [0.25, 0.3) is 0 Å². The van der Waals surface area contributed by atoms with Crippen molar-refractivity contribution in [1.82, 2.24) is 0 Å². The lowest BCUT2D eigenvalue weighted by Crippen LogP contribution is -2.18. The van der Waals surface area contributed by atoms with Gasteiger partial charge >= 0.3 is 0 Å². The fourth-order valence-electron chi connectivity index (χ4n) is 2.10. The second kappa shape index (κ2) is 8.05. The van der Waals surface area contributed by atoms with Crippen LogP contribution in [0.1, 0.15) is 13.3 Å². The number of hydrogen-bond acceptors (Lipinski definition) is 4. The molecule has 0 saturated heterocycles. The molecule has 0 atom stereocenters. The van der Waals surface area contributed by atoms with Crippen LogP contribution in [0.5, 0.6) is 0 Å². The van der Waals surface area contributed by atoms with Gasteiger partial charge in [-0.05, 0) is 36.4 Å². The lowest BCUT2D eigenvalue weighted by Gasteiger charge is -2.08. The monoisotopic (exact) mass is 382 g/mol. The summed E-state index contributed by atoms with van der Waals surface area (Å²) in [5.41, 5.74) is 0.217. The van der Waals surface area contributed by atoms with E-state index in [0.717, 1.165) is 12.1 Å². The highest BCUT2D eigenvalue weighted by molar-refractivity contribution is 7.91. The smallest absolute Gasteiger partial charge is 0.225 e. The first-order valence-corrected chi connectivity index (χ1v) is 9.18. The Morgan fingerprint density at radius 3 is 2.23 bits per heavy atom. The molecule has 138 valence electrons. The van der Waals surface area contributed by atoms with Crippen LogP contribution in [0.4, 0.5) is 20.2 Å². The summed E-state index contributed by atoms with van der Waals surface area (Å²) in [6, 6.07) is 8.15. The van der Waals surface area contributed by atoms with Crippen LogP contribution < -0.4 is 10.6 Å². The predicted molar refractivity (Wildman–Crippen MR) is 92.4 cm³/mol. The zero-order valence-corrected chi connectivity index (χ0v) is 14.6. The van der Waals surface area contributed by atoms with E-state index in [2.05, 4.69) is 10.6 Å². The zero-order valence-electron chi connectivity index (χ0n) is 13.8. The van der Waals surface area contributed by atoms with Gasteiger partial charge in [-0.2, -0.15) is 0 Å². The van der Waals surface area contributed by atoms with E-state index in [1.165, 1.54) is 31.2 Å². The number of rotatable bonds is 6. The number of halogens is 2. The first kappa shape index (κ1) is 19.5. The highest BCUT2D eigenvalue weighted by Crippen LogP contribution is 2.18. The molecule has 0 aliphatic rings. The van der Waals surface area contributed by atoms with E-state index >= 15 is 0 Å². The number of carbonyl (C=O) groups is 2. The Kier molecular flexibility index (Phi) is 6.04. The van der Waals surface area contributed by atoms with Crippen LogP contribution in [0.3, 0.4) is 0 Å². The molecule has 2 N–H and O–H groups in total. The number of anilines is 2. The fourth-order valence-corrected chi connectivity index (χ4v) is 3.34. The molecule has 0 radical (unpaired) electrons. The average molecular weight is 382 g/mol. The average Bonchev–Trinajstić information content (AvgIpc) is 2.56. The molecular weight excluding hydrogens is 366 g/mol. The summed E-state index contributed by atoms with van der Waals surface area (Å²) in [4.78, 5) is 22.8. The molecule has 0 spiro atoms. The Balaban J connectivity index is 1.98. The molecule has 0 aliphatic carbocycles. The van der Waals surface area contributed by atoms with Gasteiger partial charge in [-0.25, -0.2) is 17.2 Å². The fraction of sp³-hybridized carbons (Fsp3) is 0.176. The van der Waals surface area contributed by atoms with E-state index in [0.29, 0.717) is 11.8 Å². The van der Waals surface area contributed by atoms with Crippen molar-refractivity contribution in [2.45, 2.75) is 18.2 Å². The number of sulfone groups is 1. The van der Waals surface area contributed by atoms with Crippen molar-refractivity contribution in [3.05, 3.63) is 54.1 Å². The van der Waals surface area contributed by atoms with Gasteiger partial charge in [0.1, 0.15) is 11.6 Å². The third kappa shape index (κ3) is 5.35. The van der Waals surface area contributed by atoms with Crippen molar-refractivity contribution in [1.29, 1.82) is 0 Å². The van der Waals surface area contributed by atoms with Crippen molar-refractivity contribution >= 4 is 33.0 Å². The first-order chi connectivity index (χ1) is 12.2. The minimum atomic E-state index is -3.74. The molecule has 0 fully saturated rings. The van der Waals surface area contributed by atoms with Crippen molar-refractivity contribution in [3.8, 4) is 0 Å². The minimum Gasteiger partial charge on any atom is -0.326 e. The lowest BCUT2D eigenvalue weighted by atomic mass is 10.3. The standard InChI is InChI=1S/C17H16F2N2O4S/c1-11(22)20-13-3-5-14(6-4-13)26(24,25)9-8-17(23)21-16-7-2-12(18)10-15(16)19/h2-7,10H,8-9H2,1H3,(H,20,22)(H,21,23). The summed E-state index contributed by atoms with van der Waals surface area (Å²) in [6.45, 7) is 1.33. The van der Waals surface area contributed by atoms with Crippen molar-refractivity contribution in [2.24, 2.45) is 0 Å². The zero-order chi connectivity index (χ0) is 19.3. The number of amides is 2. The van der Waals surface area contributed by atoms with Gasteiger partial charge < -0.3 is 10.6 Å². The molecule has 2 aromatic rings. The van der Waals surface area contributed by atoms with E-state index < -0.39 is 39.6 Å². The van der Waals surface area contributed by atoms with Crippen LogP contribution in [0, 0.1) is 11.6 Å². The molecule has 0 unspecified atom stereocenters. The highest BCUT2D eigenvalue weighted by Gasteiger charge is 2.17. The molecular formula is C17H16F2N2O4S. The van der Waals surface area contributed by atoms with Gasteiger partial charge in [-0.3, -0.25) is 9.59 Å². The van der Waals surface area contributed by atoms with Gasteiger partial charge in [0, 0.05) is 25.1 Å². The van der Waals surface area contributed by atoms with Crippen molar-refractivity contribution in [2.75, 3.05) is 16.4 Å². The molecule has 0 aliphatic heterocycles. The second-order valence-corrected chi connectivity index (χ2v) is 7.56. The number of carbonyl (C=O) groups excluding carboxylic acids is 2. The molecule has 26 heavy (non-hydrogen) atoms. The number of benzene rings is 2. The maximum Gasteiger partial charge on any atom is 0.225 e. The topological polar surface area (TPSA) is 92.3 Å². The predicted octanol–water partition coefficient (Wildman–Crippen LogP) is 2.73. The third-order valence-corrected chi connectivity index (χ3v) is 5.07. The summed E-state index contributed by atoms with van der Waals surface area (Å²) in [6.07, 6.45) is -0.396. The SMILES string of the molecule is CC(=O)Nc1ccc(S(=O)(=O)CCC(=O)Nc2ccc(F)cc2F)cc1. The summed E-state index contributed by atoms with van der Waals surface area (Å²) >= 11 is 0. The second-order valence-electron chi connectivity index (χ2n) is 5.45. The molecule has 0 bridgehead atoms. The maximum atomic E-state index is 13.5. The van der Waals surface area contributed by atoms with Gasteiger partial charge in [-0.1, -0.05) is 0 Å². The Hall–Kier alpha value is -2.81. The van der Waals surface area contributed by atoms with E-state index in [9.17, 15) is 26.8 Å². The van der Waals surface area contributed by atoms with Crippen LogP contribution in [-0.2, 0) is 19.4 Å². The summed E-state index contributed by atoms with van der Waals surface area (Å²) in [5, 5.41) is 4.71. The van der Waals surface area contributed by atoms with Crippen LogP contribution in [0.15, 0.2) is 47.4 Å². The van der Waals surface area contributed by atoms with Gasteiger partial charge in [-0.15, -0.1) is 0 Å². The largest absolute Gasteiger partial charge is 0.326 e. The third-order valence-electron chi connectivity index (χ3n) is 3.34. The minimum absolute atomic E-state index is 0.00707. The van der Waals surface area contributed by atoms with E-state index in [-0.39, 0.29) is 16.5 Å². The Labute approximate surface area is 149 Å². The normalized spacial score (nSPS) is 11.0. The Morgan fingerprint density at radius 1 is 1.00 bits per heavy atom. The van der Waals surface area contributed by atoms with Gasteiger partial charge in [0.15, 0.2) is 9.84 Å². The molecule has 9 heteroatoms. The Bertz CT molecular complexity index is 928. The van der Waals surface area contributed by atoms with Crippen LogP contribution in [0.2, 0.25) is 0 Å². The molecule has 2 aromatic carbocycles. The van der Waals surface area contributed by atoms with Crippen molar-refractivity contribution < 1.29 is 26.8 Å². The molecule has 2 amide bonds. The van der Waals surface area contributed by atoms with E-state index in [1.807, 2.05) is 0 Å². The first-order valence-electron chi connectivity index (χ1n) is 7.53. The highest BCUT2D eigenvalue weighted by atomic mass is 32.2. The molecule has 6 nitrogen and oxygen atoms in total. The molecule has 0 heterocycles. The van der Waals surface area contributed by atoms with Crippen LogP contribution >= 0.6 is 0 Å². The maximum absolute atomic E-state index is 13.5. The number of hydrogen-bond donors (Lipinski definition) is 2. The van der Waals surface area contributed by atoms with Gasteiger partial charge in [0.2, 0.25) is 11.8 Å². The molecule has 0 aromatic heterocycles. The molecule has 0 saturated carbocycles. The van der Waals surface area contributed by atoms with Crippen LogP contribution in [-0.4, -0.2) is 26.0 Å². The van der Waals surface area contributed by atoms with E-state index in [1.54, 1.807) is 0 Å². The lowest BCUT2D eigenvalue weighted by molar-refractivity contribution is -0.116. The van der Waals surface area contributed by atoms with Crippen molar-refractivity contribution in [3.63, 3.8) is 0 Å². The molecule has 2 rings (SSSR count). The van der Waals surface area contributed by atoms with Gasteiger partial charge in [0.25, 0.3) is 0 Å².